The third-order valence-corrected chi connectivity index (χ3v) is 1.00. The van der Waals surface area contributed by atoms with Crippen LogP contribution in [0.4, 0.5) is 0 Å². The summed E-state index contributed by atoms with van der Waals surface area (Å²) in [4.78, 5) is 0. The Bertz CT molecular complexity index is 153. The molecule has 0 bridgehead atoms. The predicted molar refractivity (Wildman–Crippen MR) is 38.5 cm³/mol. The van der Waals surface area contributed by atoms with Gasteiger partial charge in [0.15, 0.2) is 0 Å². The topological polar surface area (TPSA) is 16.6 Å². The van der Waals surface area contributed by atoms with Crippen LogP contribution in [0.2, 0.25) is 0 Å². The van der Waals surface area contributed by atoms with E-state index in [1.54, 1.807) is 0 Å². The third kappa shape index (κ3) is 2.67. The molecule has 0 aromatic carbocycles. The number of allylic oxidation sites excluding steroid dienone is 6. The van der Waals surface area contributed by atoms with Crippen LogP contribution in [0.15, 0.2) is 48.9 Å². The lowest BCUT2D eigenvalue weighted by atomic mass is 10.4. The maximum Gasteiger partial charge on any atom is 0.0971 e. The lowest BCUT2D eigenvalue weighted by Crippen LogP contribution is -2.70. The maximum atomic E-state index is 2.00. The fraction of sp³-hybridized carbons (Fsp3) is 0. The van der Waals surface area contributed by atoms with Crippen molar-refractivity contribution < 1.29 is 5.32 Å². The number of quaternary nitrogens is 1. The van der Waals surface area contributed by atoms with Crippen LogP contribution in [-0.4, -0.2) is 0 Å². The van der Waals surface area contributed by atoms with E-state index in [4.69, 9.17) is 0 Å². The molecule has 1 aliphatic rings. The van der Waals surface area contributed by atoms with Crippen molar-refractivity contribution in [3.05, 3.63) is 48.9 Å². The van der Waals surface area contributed by atoms with E-state index in [1.165, 1.54) is 0 Å². The summed E-state index contributed by atoms with van der Waals surface area (Å²) in [6.07, 6.45) is 16.0. The van der Waals surface area contributed by atoms with E-state index in [-0.39, 0.29) is 0 Å². The average Bonchev–Trinajstić information content (AvgIpc) is 2.00. The summed E-state index contributed by atoms with van der Waals surface area (Å²) in [6, 6.07) is 0. The number of hydrogen-bond donors (Lipinski definition) is 1. The zero-order valence-corrected chi connectivity index (χ0v) is 5.20. The molecule has 1 nitrogen and oxygen atoms in total. The molecule has 0 amide bonds. The van der Waals surface area contributed by atoms with Crippen LogP contribution in [0, 0.1) is 0 Å². The Kier molecular flexibility index (Phi) is 2.60. The summed E-state index contributed by atoms with van der Waals surface area (Å²) in [5.74, 6) is 0. The van der Waals surface area contributed by atoms with Gasteiger partial charge in [-0.05, 0) is 12.2 Å². The van der Waals surface area contributed by atoms with Gasteiger partial charge in [-0.3, -0.25) is 5.32 Å². The van der Waals surface area contributed by atoms with Gasteiger partial charge in [0.2, 0.25) is 0 Å². The molecule has 0 aliphatic carbocycles. The molecule has 0 atom stereocenters. The highest BCUT2D eigenvalue weighted by Gasteiger charge is 1.71. The number of nitrogens with two attached hydrogens (primary N) is 1. The fourth-order valence-electron chi connectivity index (χ4n) is 0.577. The summed E-state index contributed by atoms with van der Waals surface area (Å²) in [6.45, 7) is 0. The van der Waals surface area contributed by atoms with Gasteiger partial charge in [-0.1, -0.05) is 24.3 Å². The summed E-state index contributed by atoms with van der Waals surface area (Å²) in [5, 5.41) is 2.00. The van der Waals surface area contributed by atoms with Crippen molar-refractivity contribution in [3.8, 4) is 0 Å². The van der Waals surface area contributed by atoms with Crippen LogP contribution < -0.4 is 5.32 Å². The molecule has 0 aromatic heterocycles. The first-order valence-corrected chi connectivity index (χ1v) is 3.00. The first-order chi connectivity index (χ1) is 4.50. The molecule has 2 N–H and O–H groups in total. The van der Waals surface area contributed by atoms with Crippen LogP contribution in [0.5, 0.6) is 0 Å². The molecule has 1 heterocycles. The van der Waals surface area contributed by atoms with E-state index in [0.717, 1.165) is 0 Å². The van der Waals surface area contributed by atoms with Crippen molar-refractivity contribution in [2.24, 2.45) is 0 Å². The minimum atomic E-state index is 2.00. The van der Waals surface area contributed by atoms with Gasteiger partial charge in [-0.15, -0.1) is 0 Å². The Balaban J connectivity index is 2.60. The molecule has 1 heteroatoms. The van der Waals surface area contributed by atoms with Crippen molar-refractivity contribution in [2.45, 2.75) is 0 Å². The molecule has 0 unspecified atom stereocenters. The zero-order chi connectivity index (χ0) is 6.36. The molecule has 9 heavy (non-hydrogen) atoms. The van der Waals surface area contributed by atoms with Gasteiger partial charge in [0.25, 0.3) is 0 Å². The lowest BCUT2D eigenvalue weighted by molar-refractivity contribution is -0.513. The molecule has 0 radical (unpaired) electrons. The molecule has 0 aromatic rings. The van der Waals surface area contributed by atoms with Gasteiger partial charge < -0.3 is 0 Å². The summed E-state index contributed by atoms with van der Waals surface area (Å²) < 4.78 is 0. The number of rotatable bonds is 0. The van der Waals surface area contributed by atoms with Crippen molar-refractivity contribution >= 4 is 0 Å². The Morgan fingerprint density at radius 1 is 0.556 bits per heavy atom. The second-order valence-corrected chi connectivity index (χ2v) is 1.73. The minimum Gasteiger partial charge on any atom is -0.294 e. The Labute approximate surface area is 55.1 Å². The molecular formula is C8H10N+. The second-order valence-electron chi connectivity index (χ2n) is 1.73. The van der Waals surface area contributed by atoms with Crippen LogP contribution in [0.3, 0.4) is 0 Å². The summed E-state index contributed by atoms with van der Waals surface area (Å²) >= 11 is 0. The van der Waals surface area contributed by atoms with Crippen molar-refractivity contribution in [1.82, 2.24) is 0 Å². The van der Waals surface area contributed by atoms with Crippen LogP contribution >= 0.6 is 0 Å². The Morgan fingerprint density at radius 3 is 1.56 bits per heavy atom. The minimum absolute atomic E-state index is 2.00. The van der Waals surface area contributed by atoms with Crippen LogP contribution in [0.1, 0.15) is 0 Å². The molecule has 46 valence electrons. The van der Waals surface area contributed by atoms with Gasteiger partial charge in [-0.25, -0.2) is 0 Å². The molecule has 0 fully saturated rings. The highest BCUT2D eigenvalue weighted by atomic mass is 14.8. The van der Waals surface area contributed by atoms with Gasteiger partial charge >= 0.3 is 0 Å². The summed E-state index contributed by atoms with van der Waals surface area (Å²) in [5.41, 5.74) is 0. The SMILES string of the molecule is C1=C\C=C\C=C/[NH2+]\C=C/1. The largest absolute Gasteiger partial charge is 0.294 e. The molecule has 1 aliphatic heterocycles. The third-order valence-electron chi connectivity index (χ3n) is 1.00. The van der Waals surface area contributed by atoms with Gasteiger partial charge in [0.1, 0.15) is 0 Å². The Hall–Kier alpha value is -1.08. The fourth-order valence-corrected chi connectivity index (χ4v) is 0.577. The monoisotopic (exact) mass is 120 g/mol. The zero-order valence-electron chi connectivity index (χ0n) is 5.20. The van der Waals surface area contributed by atoms with E-state index < -0.39 is 0 Å². The van der Waals surface area contributed by atoms with Gasteiger partial charge in [0, 0.05) is 0 Å². The lowest BCUT2D eigenvalue weighted by Gasteiger charge is -1.75. The number of hydrogen-bond acceptors (Lipinski definition) is 0. The first-order valence-electron chi connectivity index (χ1n) is 3.00. The Morgan fingerprint density at radius 2 is 1.00 bits per heavy atom. The van der Waals surface area contributed by atoms with E-state index in [9.17, 15) is 0 Å². The smallest absolute Gasteiger partial charge is 0.0971 e. The first kappa shape index (κ1) is 6.05. The van der Waals surface area contributed by atoms with Crippen LogP contribution in [0.25, 0.3) is 0 Å². The maximum absolute atomic E-state index is 2.00. The highest BCUT2D eigenvalue weighted by molar-refractivity contribution is 5.14. The van der Waals surface area contributed by atoms with Crippen LogP contribution in [-0.2, 0) is 0 Å². The average molecular weight is 120 g/mol. The van der Waals surface area contributed by atoms with Crippen molar-refractivity contribution in [1.29, 1.82) is 0 Å². The standard InChI is InChI=1S/C8H9N/c1-2-4-6-8-9-7-5-3-1/h1-9H/p+1/b3-1-,4-2+,7-5-,8-6-. The molecule has 0 saturated carbocycles. The molecule has 0 spiro atoms. The molecule has 0 saturated heterocycles. The highest BCUT2D eigenvalue weighted by Crippen LogP contribution is 1.80. The van der Waals surface area contributed by atoms with Crippen molar-refractivity contribution in [2.75, 3.05) is 0 Å². The normalized spacial score (nSPS) is 31.1. The van der Waals surface area contributed by atoms with Gasteiger partial charge in [-0.2, -0.15) is 0 Å². The van der Waals surface area contributed by atoms with E-state index in [2.05, 4.69) is 0 Å². The molecular weight excluding hydrogens is 110 g/mol. The predicted octanol–water partition coefficient (Wildman–Crippen LogP) is 0.703. The van der Waals surface area contributed by atoms with Crippen molar-refractivity contribution in [3.63, 3.8) is 0 Å². The summed E-state index contributed by atoms with van der Waals surface area (Å²) in [7, 11) is 0. The van der Waals surface area contributed by atoms with E-state index >= 15 is 0 Å². The van der Waals surface area contributed by atoms with E-state index in [1.807, 2.05) is 54.2 Å². The van der Waals surface area contributed by atoms with E-state index in [0.29, 0.717) is 0 Å². The second kappa shape index (κ2) is 3.87. The molecule has 1 rings (SSSR count). The quantitative estimate of drug-likeness (QED) is 0.484. The van der Waals surface area contributed by atoms with Gasteiger partial charge in [0.05, 0.1) is 12.4 Å².